The van der Waals surface area contributed by atoms with E-state index in [0.29, 0.717) is 0 Å². The summed E-state index contributed by atoms with van der Waals surface area (Å²) < 4.78 is 5.29. The smallest absolute Gasteiger partial charge is 0.153 e. The van der Waals surface area contributed by atoms with Crippen LogP contribution in [0.15, 0.2) is 52.5 Å². The second-order valence-electron chi connectivity index (χ2n) is 3.57. The molecule has 0 saturated carbocycles. The number of benzene rings is 1. The standard InChI is InChI=1S/C13H9NO2S/c15-10-4-1-3-9(7-10)13-14-11(8-17-13)12-5-2-6-16-12/h1-8,15H. The van der Waals surface area contributed by atoms with Gasteiger partial charge in [-0.3, -0.25) is 0 Å². The molecule has 3 rings (SSSR count). The zero-order valence-corrected chi connectivity index (χ0v) is 9.65. The third kappa shape index (κ3) is 1.94. The van der Waals surface area contributed by atoms with Crippen molar-refractivity contribution in [2.24, 2.45) is 0 Å². The van der Waals surface area contributed by atoms with Gasteiger partial charge < -0.3 is 9.52 Å². The Morgan fingerprint density at radius 1 is 1.18 bits per heavy atom. The lowest BCUT2D eigenvalue weighted by Gasteiger charge is -1.96. The van der Waals surface area contributed by atoms with Gasteiger partial charge in [0.05, 0.1) is 6.26 Å². The van der Waals surface area contributed by atoms with E-state index in [-0.39, 0.29) is 5.75 Å². The molecule has 0 atom stereocenters. The molecular formula is C13H9NO2S. The van der Waals surface area contributed by atoms with Crippen molar-refractivity contribution in [1.29, 1.82) is 0 Å². The van der Waals surface area contributed by atoms with Gasteiger partial charge in [0.2, 0.25) is 0 Å². The van der Waals surface area contributed by atoms with Crippen LogP contribution in [0.1, 0.15) is 0 Å². The Morgan fingerprint density at radius 2 is 2.12 bits per heavy atom. The molecule has 17 heavy (non-hydrogen) atoms. The van der Waals surface area contributed by atoms with Crippen molar-refractivity contribution in [2.75, 3.05) is 0 Å². The van der Waals surface area contributed by atoms with Crippen LogP contribution in [0.3, 0.4) is 0 Å². The van der Waals surface area contributed by atoms with E-state index in [4.69, 9.17) is 4.42 Å². The van der Waals surface area contributed by atoms with E-state index in [2.05, 4.69) is 4.98 Å². The lowest BCUT2D eigenvalue weighted by Crippen LogP contribution is -1.77. The zero-order valence-electron chi connectivity index (χ0n) is 8.83. The lowest BCUT2D eigenvalue weighted by atomic mass is 10.2. The molecule has 3 nitrogen and oxygen atoms in total. The van der Waals surface area contributed by atoms with Gasteiger partial charge in [-0.05, 0) is 24.3 Å². The number of thiazole rings is 1. The Hall–Kier alpha value is -2.07. The van der Waals surface area contributed by atoms with Gasteiger partial charge in [-0.2, -0.15) is 0 Å². The van der Waals surface area contributed by atoms with Crippen molar-refractivity contribution >= 4 is 11.3 Å². The number of rotatable bonds is 2. The molecule has 0 aliphatic carbocycles. The normalized spacial score (nSPS) is 10.6. The summed E-state index contributed by atoms with van der Waals surface area (Å²) >= 11 is 1.53. The first-order valence-corrected chi connectivity index (χ1v) is 6.00. The molecule has 0 saturated heterocycles. The first-order chi connectivity index (χ1) is 8.33. The molecule has 4 heteroatoms. The van der Waals surface area contributed by atoms with Crippen LogP contribution in [0, 0.1) is 0 Å². The highest BCUT2D eigenvalue weighted by molar-refractivity contribution is 7.13. The SMILES string of the molecule is Oc1cccc(-c2nc(-c3ccco3)cs2)c1. The highest BCUT2D eigenvalue weighted by atomic mass is 32.1. The Kier molecular flexibility index (Phi) is 2.42. The number of phenolic OH excluding ortho intramolecular Hbond substituents is 1. The molecule has 3 aromatic rings. The predicted molar refractivity (Wildman–Crippen MR) is 66.9 cm³/mol. The summed E-state index contributed by atoms with van der Waals surface area (Å²) in [6, 6.07) is 10.8. The summed E-state index contributed by atoms with van der Waals surface area (Å²) in [7, 11) is 0. The number of aromatic nitrogens is 1. The fourth-order valence-corrected chi connectivity index (χ4v) is 2.39. The van der Waals surface area contributed by atoms with Crippen molar-refractivity contribution < 1.29 is 9.52 Å². The van der Waals surface area contributed by atoms with Crippen LogP contribution in [0.4, 0.5) is 0 Å². The number of hydrogen-bond donors (Lipinski definition) is 1. The Morgan fingerprint density at radius 3 is 2.88 bits per heavy atom. The molecule has 0 bridgehead atoms. The number of furan rings is 1. The van der Waals surface area contributed by atoms with Crippen molar-refractivity contribution in [2.45, 2.75) is 0 Å². The number of aromatic hydroxyl groups is 1. The lowest BCUT2D eigenvalue weighted by molar-refractivity contribution is 0.475. The van der Waals surface area contributed by atoms with Crippen LogP contribution in [0.2, 0.25) is 0 Å². The topological polar surface area (TPSA) is 46.3 Å². The molecule has 84 valence electrons. The molecule has 1 aromatic carbocycles. The molecule has 0 aliphatic heterocycles. The average molecular weight is 243 g/mol. The highest BCUT2D eigenvalue weighted by Crippen LogP contribution is 2.30. The Bertz CT molecular complexity index is 628. The van der Waals surface area contributed by atoms with E-state index < -0.39 is 0 Å². The maximum atomic E-state index is 9.42. The summed E-state index contributed by atoms with van der Waals surface area (Å²) in [6.07, 6.45) is 1.63. The van der Waals surface area contributed by atoms with E-state index in [9.17, 15) is 5.11 Å². The number of hydrogen-bond acceptors (Lipinski definition) is 4. The largest absolute Gasteiger partial charge is 0.508 e. The van der Waals surface area contributed by atoms with E-state index >= 15 is 0 Å². The fourth-order valence-electron chi connectivity index (χ4n) is 1.58. The quantitative estimate of drug-likeness (QED) is 0.745. The fraction of sp³-hybridized carbons (Fsp3) is 0. The van der Waals surface area contributed by atoms with Crippen molar-refractivity contribution in [3.8, 4) is 27.8 Å². The van der Waals surface area contributed by atoms with Gasteiger partial charge in [0.25, 0.3) is 0 Å². The summed E-state index contributed by atoms with van der Waals surface area (Å²) in [5.41, 5.74) is 1.73. The van der Waals surface area contributed by atoms with Gasteiger partial charge >= 0.3 is 0 Å². The van der Waals surface area contributed by atoms with Crippen molar-refractivity contribution in [3.63, 3.8) is 0 Å². The van der Waals surface area contributed by atoms with E-state index in [1.165, 1.54) is 11.3 Å². The minimum absolute atomic E-state index is 0.247. The highest BCUT2D eigenvalue weighted by Gasteiger charge is 2.08. The average Bonchev–Trinajstić information content (AvgIpc) is 3.00. The molecule has 0 spiro atoms. The molecule has 2 aromatic heterocycles. The molecule has 0 amide bonds. The summed E-state index contributed by atoms with van der Waals surface area (Å²) in [5, 5.41) is 12.2. The minimum atomic E-state index is 0.247. The minimum Gasteiger partial charge on any atom is -0.508 e. The maximum Gasteiger partial charge on any atom is 0.153 e. The Balaban J connectivity index is 2.01. The molecule has 0 aliphatic rings. The number of nitrogens with zero attached hydrogens (tertiary/aromatic N) is 1. The van der Waals surface area contributed by atoms with Crippen molar-refractivity contribution in [1.82, 2.24) is 4.98 Å². The number of phenols is 1. The summed E-state index contributed by atoms with van der Waals surface area (Å²) in [6.45, 7) is 0. The van der Waals surface area contributed by atoms with Crippen molar-refractivity contribution in [3.05, 3.63) is 48.0 Å². The second kappa shape index (κ2) is 4.07. The maximum absolute atomic E-state index is 9.42. The molecule has 0 radical (unpaired) electrons. The van der Waals surface area contributed by atoms with Gasteiger partial charge in [-0.15, -0.1) is 11.3 Å². The van der Waals surface area contributed by atoms with Crippen LogP contribution in [0.5, 0.6) is 5.75 Å². The van der Waals surface area contributed by atoms with Gasteiger partial charge in [0.15, 0.2) is 5.76 Å². The van der Waals surface area contributed by atoms with Crippen LogP contribution in [-0.4, -0.2) is 10.1 Å². The monoisotopic (exact) mass is 243 g/mol. The van der Waals surface area contributed by atoms with E-state index in [1.807, 2.05) is 23.6 Å². The van der Waals surface area contributed by atoms with Crippen LogP contribution in [0.25, 0.3) is 22.0 Å². The zero-order chi connectivity index (χ0) is 11.7. The summed E-state index contributed by atoms with van der Waals surface area (Å²) in [5.74, 6) is 1.00. The van der Waals surface area contributed by atoms with E-state index in [0.717, 1.165) is 22.0 Å². The summed E-state index contributed by atoms with van der Waals surface area (Å²) in [4.78, 5) is 4.48. The van der Waals surface area contributed by atoms with Gasteiger partial charge in [0.1, 0.15) is 16.5 Å². The Labute approximate surface area is 102 Å². The second-order valence-corrected chi connectivity index (χ2v) is 4.42. The van der Waals surface area contributed by atoms with Gasteiger partial charge in [0, 0.05) is 10.9 Å². The molecule has 2 heterocycles. The first kappa shape index (κ1) is 10.1. The molecular weight excluding hydrogens is 234 g/mol. The van der Waals surface area contributed by atoms with Crippen LogP contribution in [-0.2, 0) is 0 Å². The molecule has 0 fully saturated rings. The van der Waals surface area contributed by atoms with E-state index in [1.54, 1.807) is 24.5 Å². The third-order valence-corrected chi connectivity index (χ3v) is 3.26. The first-order valence-electron chi connectivity index (χ1n) is 5.12. The van der Waals surface area contributed by atoms with Crippen LogP contribution < -0.4 is 0 Å². The predicted octanol–water partition coefficient (Wildman–Crippen LogP) is 3.78. The van der Waals surface area contributed by atoms with Gasteiger partial charge in [-0.25, -0.2) is 4.98 Å². The van der Waals surface area contributed by atoms with Crippen LogP contribution >= 0.6 is 11.3 Å². The molecule has 1 N–H and O–H groups in total. The third-order valence-electron chi connectivity index (χ3n) is 2.37. The molecule has 0 unspecified atom stereocenters. The van der Waals surface area contributed by atoms with Gasteiger partial charge in [-0.1, -0.05) is 12.1 Å².